The number of hydrogen-bond acceptors (Lipinski definition) is 1. The van der Waals surface area contributed by atoms with Crippen LogP contribution in [-0.2, 0) is 0 Å². The van der Waals surface area contributed by atoms with Gasteiger partial charge >= 0.3 is 12.0 Å². The Labute approximate surface area is 59.8 Å². The molecule has 0 aromatic rings. The van der Waals surface area contributed by atoms with Gasteiger partial charge in [0.2, 0.25) is 0 Å². The largest absolute Gasteiger partial charge is 0.420 e. The SMILES string of the molecule is CC(C)(F)C(F)(F)C(O)(F)F. The van der Waals surface area contributed by atoms with Crippen molar-refractivity contribution < 1.29 is 27.1 Å². The fourth-order valence-electron chi connectivity index (χ4n) is 0.358. The minimum Gasteiger partial charge on any atom is -0.331 e. The molecule has 1 nitrogen and oxygen atoms in total. The van der Waals surface area contributed by atoms with E-state index in [4.69, 9.17) is 5.11 Å². The zero-order valence-electron chi connectivity index (χ0n) is 5.84. The van der Waals surface area contributed by atoms with E-state index in [0.717, 1.165) is 0 Å². The van der Waals surface area contributed by atoms with Gasteiger partial charge < -0.3 is 5.11 Å². The van der Waals surface area contributed by atoms with E-state index in [9.17, 15) is 22.0 Å². The summed E-state index contributed by atoms with van der Waals surface area (Å²) in [6.45, 7) is 0.522. The van der Waals surface area contributed by atoms with Gasteiger partial charge in [-0.3, -0.25) is 0 Å². The molecule has 0 atom stereocenters. The number of rotatable bonds is 2. The van der Waals surface area contributed by atoms with Crippen LogP contribution in [0.25, 0.3) is 0 Å². The molecule has 0 aliphatic rings. The first-order valence-corrected chi connectivity index (χ1v) is 2.67. The lowest BCUT2D eigenvalue weighted by Gasteiger charge is -2.29. The van der Waals surface area contributed by atoms with E-state index in [-0.39, 0.29) is 13.8 Å². The van der Waals surface area contributed by atoms with Crippen LogP contribution in [-0.4, -0.2) is 22.8 Å². The van der Waals surface area contributed by atoms with Crippen molar-refractivity contribution in [3.05, 3.63) is 0 Å². The van der Waals surface area contributed by atoms with Crippen molar-refractivity contribution in [1.82, 2.24) is 0 Å². The van der Waals surface area contributed by atoms with Gasteiger partial charge in [-0.1, -0.05) is 0 Å². The Morgan fingerprint density at radius 2 is 1.18 bits per heavy atom. The normalized spacial score (nSPS) is 15.3. The molecule has 0 saturated carbocycles. The van der Waals surface area contributed by atoms with Crippen molar-refractivity contribution in [2.75, 3.05) is 0 Å². The lowest BCUT2D eigenvalue weighted by Crippen LogP contribution is -2.53. The monoisotopic (exact) mass is 178 g/mol. The van der Waals surface area contributed by atoms with Gasteiger partial charge in [-0.2, -0.15) is 17.6 Å². The highest BCUT2D eigenvalue weighted by atomic mass is 19.3. The molecular weight excluding hydrogens is 171 g/mol. The van der Waals surface area contributed by atoms with Gasteiger partial charge in [-0.25, -0.2) is 4.39 Å². The molecule has 0 rings (SSSR count). The molecule has 0 unspecified atom stereocenters. The average molecular weight is 178 g/mol. The third-order valence-corrected chi connectivity index (χ3v) is 1.12. The second-order valence-electron chi connectivity index (χ2n) is 2.59. The van der Waals surface area contributed by atoms with E-state index in [1.54, 1.807) is 0 Å². The van der Waals surface area contributed by atoms with Crippen LogP contribution in [0.2, 0.25) is 0 Å². The molecule has 0 bridgehead atoms. The molecule has 0 aliphatic heterocycles. The van der Waals surface area contributed by atoms with Crippen LogP contribution >= 0.6 is 0 Å². The number of halogens is 5. The fraction of sp³-hybridized carbons (Fsp3) is 1.00. The summed E-state index contributed by atoms with van der Waals surface area (Å²) in [5.74, 6) is -5.07. The minimum atomic E-state index is -5.33. The summed E-state index contributed by atoms with van der Waals surface area (Å²) in [7, 11) is 0. The Morgan fingerprint density at radius 3 is 1.18 bits per heavy atom. The van der Waals surface area contributed by atoms with E-state index in [2.05, 4.69) is 0 Å². The number of aliphatic hydroxyl groups is 1. The van der Waals surface area contributed by atoms with E-state index in [1.807, 2.05) is 0 Å². The molecule has 0 aliphatic carbocycles. The van der Waals surface area contributed by atoms with Crippen molar-refractivity contribution in [3.8, 4) is 0 Å². The molecule has 0 radical (unpaired) electrons. The van der Waals surface area contributed by atoms with Crippen LogP contribution < -0.4 is 0 Å². The third-order valence-electron chi connectivity index (χ3n) is 1.12. The molecule has 6 heteroatoms. The fourth-order valence-corrected chi connectivity index (χ4v) is 0.358. The first-order chi connectivity index (χ1) is 4.50. The second-order valence-corrected chi connectivity index (χ2v) is 2.59. The Hall–Kier alpha value is -0.390. The maximum Gasteiger partial charge on any atom is 0.420 e. The molecule has 0 aromatic carbocycles. The van der Waals surface area contributed by atoms with Crippen molar-refractivity contribution in [2.45, 2.75) is 31.5 Å². The first kappa shape index (κ1) is 10.6. The summed E-state index contributed by atoms with van der Waals surface area (Å²) < 4.78 is 59.5. The molecular formula is C5H7F5O. The first-order valence-electron chi connectivity index (χ1n) is 2.67. The third kappa shape index (κ3) is 1.79. The van der Waals surface area contributed by atoms with Crippen LogP contribution in [0, 0.1) is 0 Å². The lowest BCUT2D eigenvalue weighted by molar-refractivity contribution is -0.356. The highest BCUT2D eigenvalue weighted by molar-refractivity contribution is 4.91. The van der Waals surface area contributed by atoms with Crippen LogP contribution in [0.5, 0.6) is 0 Å². The Morgan fingerprint density at radius 1 is 0.909 bits per heavy atom. The Bertz CT molecular complexity index is 126. The Balaban J connectivity index is 4.75. The van der Waals surface area contributed by atoms with Crippen molar-refractivity contribution in [2.24, 2.45) is 0 Å². The maximum atomic E-state index is 12.3. The molecule has 0 spiro atoms. The predicted molar refractivity (Wildman–Crippen MR) is 27.3 cm³/mol. The van der Waals surface area contributed by atoms with E-state index < -0.39 is 17.7 Å². The molecule has 1 N–H and O–H groups in total. The van der Waals surface area contributed by atoms with Crippen molar-refractivity contribution in [3.63, 3.8) is 0 Å². The standard InChI is InChI=1S/C5H7F5O/c1-3(2,6)4(7,8)5(9,10)11/h11H,1-2H3. The lowest BCUT2D eigenvalue weighted by atomic mass is 10.0. The van der Waals surface area contributed by atoms with Crippen LogP contribution in [0.15, 0.2) is 0 Å². The summed E-state index contributed by atoms with van der Waals surface area (Å²) >= 11 is 0. The van der Waals surface area contributed by atoms with Gasteiger partial charge in [0.1, 0.15) is 0 Å². The molecule has 0 fully saturated rings. The van der Waals surface area contributed by atoms with Crippen LogP contribution in [0.1, 0.15) is 13.8 Å². The van der Waals surface area contributed by atoms with Crippen molar-refractivity contribution in [1.29, 1.82) is 0 Å². The van der Waals surface area contributed by atoms with E-state index in [0.29, 0.717) is 0 Å². The van der Waals surface area contributed by atoms with Gasteiger partial charge in [0.05, 0.1) is 0 Å². The highest BCUT2D eigenvalue weighted by Gasteiger charge is 2.65. The molecule has 0 aromatic heterocycles. The average Bonchev–Trinajstić information content (AvgIpc) is 1.58. The molecule has 68 valence electrons. The summed E-state index contributed by atoms with van der Waals surface area (Å²) in [6, 6.07) is 0. The summed E-state index contributed by atoms with van der Waals surface area (Å²) in [6.07, 6.45) is -5.33. The van der Waals surface area contributed by atoms with Gasteiger partial charge in [0.25, 0.3) is 0 Å². The van der Waals surface area contributed by atoms with Crippen molar-refractivity contribution >= 4 is 0 Å². The molecule has 0 saturated heterocycles. The van der Waals surface area contributed by atoms with E-state index in [1.165, 1.54) is 0 Å². The summed E-state index contributed by atoms with van der Waals surface area (Å²) in [5, 5.41) is 7.56. The minimum absolute atomic E-state index is 0.261. The zero-order valence-corrected chi connectivity index (χ0v) is 5.84. The molecule has 0 amide bonds. The quantitative estimate of drug-likeness (QED) is 0.641. The van der Waals surface area contributed by atoms with Crippen LogP contribution in [0.4, 0.5) is 22.0 Å². The zero-order chi connectivity index (χ0) is 9.50. The summed E-state index contributed by atoms with van der Waals surface area (Å²) in [4.78, 5) is 0. The molecule has 0 heterocycles. The van der Waals surface area contributed by atoms with Gasteiger partial charge in [0, 0.05) is 0 Å². The van der Waals surface area contributed by atoms with Gasteiger partial charge in [0.15, 0.2) is 5.67 Å². The van der Waals surface area contributed by atoms with Gasteiger partial charge in [-0.15, -0.1) is 0 Å². The maximum absolute atomic E-state index is 12.3. The smallest absolute Gasteiger partial charge is 0.331 e. The highest BCUT2D eigenvalue weighted by Crippen LogP contribution is 2.42. The Kier molecular flexibility index (Phi) is 2.22. The number of hydrogen-bond donors (Lipinski definition) is 1. The molecule has 11 heavy (non-hydrogen) atoms. The number of alkyl halides is 5. The van der Waals surface area contributed by atoms with Crippen LogP contribution in [0.3, 0.4) is 0 Å². The predicted octanol–water partition coefficient (Wildman–Crippen LogP) is 1.95. The van der Waals surface area contributed by atoms with E-state index >= 15 is 0 Å². The summed E-state index contributed by atoms with van der Waals surface area (Å²) in [5.41, 5.74) is -3.45. The van der Waals surface area contributed by atoms with Gasteiger partial charge in [-0.05, 0) is 13.8 Å². The second kappa shape index (κ2) is 2.30. The topological polar surface area (TPSA) is 20.2 Å².